The Morgan fingerprint density at radius 3 is 2.86 bits per heavy atom. The Morgan fingerprint density at radius 1 is 1.57 bits per heavy atom. The van der Waals surface area contributed by atoms with Gasteiger partial charge in [0.05, 0.1) is 6.54 Å². The molecular formula is C7H10F2N4O. The first kappa shape index (κ1) is 10.6. The highest BCUT2D eigenvalue weighted by atomic mass is 19.3. The molecule has 0 saturated carbocycles. The SMILES string of the molecule is Nc1nccc(NCC(F)(F)CO)n1. The highest BCUT2D eigenvalue weighted by Crippen LogP contribution is 2.13. The molecule has 1 rings (SSSR count). The molecule has 4 N–H and O–H groups in total. The molecular weight excluding hydrogens is 194 g/mol. The van der Waals surface area contributed by atoms with Crippen LogP contribution in [0.5, 0.6) is 0 Å². The molecule has 0 fully saturated rings. The van der Waals surface area contributed by atoms with E-state index in [0.717, 1.165) is 0 Å². The van der Waals surface area contributed by atoms with E-state index in [1.807, 2.05) is 0 Å². The van der Waals surface area contributed by atoms with Crippen molar-refractivity contribution in [3.05, 3.63) is 12.3 Å². The Kier molecular flexibility index (Phi) is 3.13. The van der Waals surface area contributed by atoms with Gasteiger partial charge >= 0.3 is 0 Å². The number of aliphatic hydroxyl groups is 1. The van der Waals surface area contributed by atoms with E-state index < -0.39 is 19.1 Å². The van der Waals surface area contributed by atoms with Crippen molar-refractivity contribution in [2.24, 2.45) is 0 Å². The predicted octanol–water partition coefficient (Wildman–Crippen LogP) is 0.0983. The maximum Gasteiger partial charge on any atom is 0.287 e. The summed E-state index contributed by atoms with van der Waals surface area (Å²) >= 11 is 0. The topological polar surface area (TPSA) is 84.1 Å². The fourth-order valence-corrected chi connectivity index (χ4v) is 0.748. The summed E-state index contributed by atoms with van der Waals surface area (Å²) in [6, 6.07) is 1.41. The zero-order valence-electron chi connectivity index (χ0n) is 7.24. The van der Waals surface area contributed by atoms with Gasteiger partial charge in [-0.25, -0.2) is 13.8 Å². The largest absolute Gasteiger partial charge is 0.390 e. The summed E-state index contributed by atoms with van der Waals surface area (Å²) in [4.78, 5) is 7.25. The maximum absolute atomic E-state index is 12.6. The first-order valence-corrected chi connectivity index (χ1v) is 3.84. The van der Waals surface area contributed by atoms with Gasteiger partial charge in [-0.2, -0.15) is 4.98 Å². The van der Waals surface area contributed by atoms with Crippen molar-refractivity contribution in [3.8, 4) is 0 Å². The quantitative estimate of drug-likeness (QED) is 0.647. The van der Waals surface area contributed by atoms with Gasteiger partial charge in [-0.3, -0.25) is 0 Å². The van der Waals surface area contributed by atoms with Crippen LogP contribution in [-0.4, -0.2) is 34.1 Å². The second kappa shape index (κ2) is 4.14. The van der Waals surface area contributed by atoms with Gasteiger partial charge in [0.15, 0.2) is 0 Å². The molecule has 0 saturated heterocycles. The van der Waals surface area contributed by atoms with Gasteiger partial charge in [-0.1, -0.05) is 0 Å². The number of aliphatic hydroxyl groups excluding tert-OH is 1. The van der Waals surface area contributed by atoms with E-state index in [9.17, 15) is 8.78 Å². The zero-order chi connectivity index (χ0) is 10.6. The van der Waals surface area contributed by atoms with E-state index in [0.29, 0.717) is 0 Å². The number of alkyl halides is 2. The number of hydrogen-bond donors (Lipinski definition) is 3. The number of hydrogen-bond acceptors (Lipinski definition) is 5. The lowest BCUT2D eigenvalue weighted by Crippen LogP contribution is -2.31. The third kappa shape index (κ3) is 3.09. The minimum Gasteiger partial charge on any atom is -0.390 e. The van der Waals surface area contributed by atoms with E-state index in [-0.39, 0.29) is 11.8 Å². The average molecular weight is 204 g/mol. The molecule has 78 valence electrons. The average Bonchev–Trinajstić information content (AvgIpc) is 2.15. The molecule has 0 aliphatic heterocycles. The van der Waals surface area contributed by atoms with Crippen molar-refractivity contribution < 1.29 is 13.9 Å². The molecule has 0 aliphatic carbocycles. The van der Waals surface area contributed by atoms with Gasteiger partial charge < -0.3 is 16.2 Å². The van der Waals surface area contributed by atoms with Gasteiger partial charge in [0.1, 0.15) is 12.4 Å². The van der Waals surface area contributed by atoms with Crippen molar-refractivity contribution in [3.63, 3.8) is 0 Å². The van der Waals surface area contributed by atoms with Crippen LogP contribution in [0.1, 0.15) is 0 Å². The first-order valence-electron chi connectivity index (χ1n) is 3.84. The normalized spacial score (nSPS) is 11.4. The van der Waals surface area contributed by atoms with Crippen molar-refractivity contribution in [1.82, 2.24) is 9.97 Å². The smallest absolute Gasteiger partial charge is 0.287 e. The van der Waals surface area contributed by atoms with Gasteiger partial charge in [-0.15, -0.1) is 0 Å². The molecule has 0 aromatic carbocycles. The summed E-state index contributed by atoms with van der Waals surface area (Å²) in [6.45, 7) is -1.90. The lowest BCUT2D eigenvalue weighted by Gasteiger charge is -2.14. The van der Waals surface area contributed by atoms with E-state index >= 15 is 0 Å². The van der Waals surface area contributed by atoms with Gasteiger partial charge in [0.2, 0.25) is 5.95 Å². The Morgan fingerprint density at radius 2 is 2.29 bits per heavy atom. The number of nitrogens with one attached hydrogen (secondary N) is 1. The van der Waals surface area contributed by atoms with Crippen LogP contribution in [0.3, 0.4) is 0 Å². The van der Waals surface area contributed by atoms with Crippen LogP contribution in [0.2, 0.25) is 0 Å². The van der Waals surface area contributed by atoms with E-state index in [4.69, 9.17) is 10.8 Å². The summed E-state index contributed by atoms with van der Waals surface area (Å²) in [6.07, 6.45) is 1.35. The molecule has 0 bridgehead atoms. The summed E-state index contributed by atoms with van der Waals surface area (Å²) < 4.78 is 25.1. The van der Waals surface area contributed by atoms with Gasteiger partial charge in [0.25, 0.3) is 5.92 Å². The van der Waals surface area contributed by atoms with Crippen molar-refractivity contribution in [1.29, 1.82) is 0 Å². The standard InChI is InChI=1S/C7H10F2N4O/c8-7(9,4-14)3-12-5-1-2-11-6(10)13-5/h1-2,14H,3-4H2,(H3,10,11,12,13). The van der Waals surface area contributed by atoms with Crippen LogP contribution < -0.4 is 11.1 Å². The fourth-order valence-electron chi connectivity index (χ4n) is 0.748. The lowest BCUT2D eigenvalue weighted by molar-refractivity contribution is -0.0373. The van der Waals surface area contributed by atoms with Crippen molar-refractivity contribution in [2.45, 2.75) is 5.92 Å². The number of nitrogens with two attached hydrogens (primary N) is 1. The predicted molar refractivity (Wildman–Crippen MR) is 47.0 cm³/mol. The molecule has 0 atom stereocenters. The Bertz CT molecular complexity index is 307. The highest BCUT2D eigenvalue weighted by molar-refractivity contribution is 5.37. The van der Waals surface area contributed by atoms with Crippen LogP contribution in [0.4, 0.5) is 20.5 Å². The van der Waals surface area contributed by atoms with E-state index in [1.165, 1.54) is 12.3 Å². The monoisotopic (exact) mass is 204 g/mol. The Labute approximate surface area is 79.0 Å². The molecule has 0 aliphatic rings. The Balaban J connectivity index is 2.54. The molecule has 0 radical (unpaired) electrons. The maximum atomic E-state index is 12.6. The number of nitrogen functional groups attached to an aromatic ring is 1. The highest BCUT2D eigenvalue weighted by Gasteiger charge is 2.27. The van der Waals surface area contributed by atoms with Crippen LogP contribution in [0, 0.1) is 0 Å². The summed E-state index contributed by atoms with van der Waals surface area (Å²) in [5.41, 5.74) is 5.23. The van der Waals surface area contributed by atoms with Gasteiger partial charge in [-0.05, 0) is 6.07 Å². The van der Waals surface area contributed by atoms with E-state index in [1.54, 1.807) is 0 Å². The summed E-state index contributed by atoms with van der Waals surface area (Å²) in [5.74, 6) is -2.97. The molecule has 1 heterocycles. The molecule has 5 nitrogen and oxygen atoms in total. The van der Waals surface area contributed by atoms with Crippen LogP contribution in [-0.2, 0) is 0 Å². The summed E-state index contributed by atoms with van der Waals surface area (Å²) in [5, 5.41) is 10.6. The third-order valence-electron chi connectivity index (χ3n) is 1.43. The second-order valence-corrected chi connectivity index (χ2v) is 2.67. The minimum atomic E-state index is -3.17. The number of anilines is 2. The molecule has 0 unspecified atom stereocenters. The third-order valence-corrected chi connectivity index (χ3v) is 1.43. The zero-order valence-corrected chi connectivity index (χ0v) is 7.24. The van der Waals surface area contributed by atoms with Crippen LogP contribution in [0.15, 0.2) is 12.3 Å². The molecule has 0 spiro atoms. The second-order valence-electron chi connectivity index (χ2n) is 2.67. The minimum absolute atomic E-state index is 0.00214. The number of rotatable bonds is 4. The fraction of sp³-hybridized carbons (Fsp3) is 0.429. The first-order chi connectivity index (χ1) is 6.53. The summed E-state index contributed by atoms with van der Waals surface area (Å²) in [7, 11) is 0. The van der Waals surface area contributed by atoms with Gasteiger partial charge in [0, 0.05) is 6.20 Å². The lowest BCUT2D eigenvalue weighted by atomic mass is 10.3. The van der Waals surface area contributed by atoms with Crippen molar-refractivity contribution >= 4 is 11.8 Å². The molecule has 7 heteroatoms. The number of aromatic nitrogens is 2. The number of halogens is 2. The Hall–Kier alpha value is -1.50. The molecule has 1 aromatic rings. The van der Waals surface area contributed by atoms with Crippen LogP contribution in [0.25, 0.3) is 0 Å². The van der Waals surface area contributed by atoms with Crippen molar-refractivity contribution in [2.75, 3.05) is 24.2 Å². The van der Waals surface area contributed by atoms with E-state index in [2.05, 4.69) is 15.3 Å². The van der Waals surface area contributed by atoms with Crippen LogP contribution >= 0.6 is 0 Å². The number of nitrogens with zero attached hydrogens (tertiary/aromatic N) is 2. The molecule has 1 aromatic heterocycles. The molecule has 0 amide bonds. The molecule has 14 heavy (non-hydrogen) atoms.